The van der Waals surface area contributed by atoms with Gasteiger partial charge in [0.2, 0.25) is 0 Å². The van der Waals surface area contributed by atoms with Gasteiger partial charge in [0.05, 0.1) is 13.2 Å². The molecule has 0 fully saturated rings. The van der Waals surface area contributed by atoms with Crippen LogP contribution in [-0.4, -0.2) is 39.3 Å². The molecule has 1 atom stereocenters. The largest absolute Gasteiger partial charge is 0.395 e. The second-order valence-electron chi connectivity index (χ2n) is 3.58. The van der Waals surface area contributed by atoms with Crippen LogP contribution in [0.25, 0.3) is 0 Å². The quantitative estimate of drug-likeness (QED) is 0.756. The van der Waals surface area contributed by atoms with Crippen LogP contribution in [0.2, 0.25) is 0 Å². The Kier molecular flexibility index (Phi) is 4.10. The molecule has 0 amide bonds. The van der Waals surface area contributed by atoms with Crippen LogP contribution in [0.3, 0.4) is 0 Å². The van der Waals surface area contributed by atoms with Crippen molar-refractivity contribution in [3.8, 4) is 0 Å². The second-order valence-corrected chi connectivity index (χ2v) is 3.58. The van der Waals surface area contributed by atoms with Gasteiger partial charge >= 0.3 is 0 Å². The molecular weight excluding hydrogens is 178 g/mol. The first-order chi connectivity index (χ1) is 6.69. The van der Waals surface area contributed by atoms with Crippen LogP contribution < -0.4 is 0 Å². The van der Waals surface area contributed by atoms with E-state index in [1.165, 1.54) is 0 Å². The van der Waals surface area contributed by atoms with Gasteiger partial charge in [-0.15, -0.1) is 0 Å². The molecule has 1 heterocycles. The van der Waals surface area contributed by atoms with Gasteiger partial charge in [0.15, 0.2) is 0 Å². The molecule has 0 radical (unpaired) electrons. The lowest BCUT2D eigenvalue weighted by Crippen LogP contribution is -2.32. The topological polar surface area (TPSA) is 41.3 Å². The zero-order valence-corrected chi connectivity index (χ0v) is 9.14. The third kappa shape index (κ3) is 2.56. The highest BCUT2D eigenvalue weighted by Crippen LogP contribution is 2.04. The van der Waals surface area contributed by atoms with E-state index in [-0.39, 0.29) is 12.6 Å². The molecule has 1 N–H and O–H groups in total. The number of nitrogens with zero attached hydrogens (tertiary/aromatic N) is 3. The summed E-state index contributed by atoms with van der Waals surface area (Å²) in [6, 6.07) is 0.178. The van der Waals surface area contributed by atoms with Gasteiger partial charge in [0.25, 0.3) is 0 Å². The number of hydrogen-bond acceptors (Lipinski definition) is 3. The van der Waals surface area contributed by atoms with E-state index >= 15 is 0 Å². The maximum absolute atomic E-state index is 8.99. The molecule has 0 saturated heterocycles. The zero-order chi connectivity index (χ0) is 10.6. The third-order valence-electron chi connectivity index (χ3n) is 2.55. The number of imidazole rings is 1. The van der Waals surface area contributed by atoms with Gasteiger partial charge in [-0.25, -0.2) is 4.98 Å². The zero-order valence-electron chi connectivity index (χ0n) is 9.14. The van der Waals surface area contributed by atoms with Crippen molar-refractivity contribution < 1.29 is 5.11 Å². The summed E-state index contributed by atoms with van der Waals surface area (Å²) in [5, 5.41) is 8.99. The van der Waals surface area contributed by atoms with Crippen LogP contribution in [-0.2, 0) is 13.1 Å². The van der Waals surface area contributed by atoms with Crippen molar-refractivity contribution in [3.05, 3.63) is 18.2 Å². The minimum atomic E-state index is 0.178. The molecule has 1 aromatic heterocycles. The van der Waals surface area contributed by atoms with Crippen LogP contribution in [0, 0.1) is 0 Å². The summed E-state index contributed by atoms with van der Waals surface area (Å²) < 4.78 is 2.11. The summed E-state index contributed by atoms with van der Waals surface area (Å²) in [4.78, 5) is 6.38. The van der Waals surface area contributed by atoms with Gasteiger partial charge in [-0.3, -0.25) is 4.90 Å². The van der Waals surface area contributed by atoms with Crippen molar-refractivity contribution in [3.63, 3.8) is 0 Å². The van der Waals surface area contributed by atoms with Crippen molar-refractivity contribution in [2.75, 3.05) is 13.7 Å². The standard InChI is InChI=1S/C10H19N3O/c1-4-13-6-5-11-10(13)7-12(3)9(2)8-14/h5-6,9,14H,4,7-8H2,1-3H3. The molecule has 4 nitrogen and oxygen atoms in total. The lowest BCUT2D eigenvalue weighted by Gasteiger charge is -2.22. The molecular formula is C10H19N3O. The number of aromatic nitrogens is 2. The number of likely N-dealkylation sites (N-methyl/N-ethyl adjacent to an activating group) is 1. The molecule has 14 heavy (non-hydrogen) atoms. The van der Waals surface area contributed by atoms with Crippen LogP contribution in [0.4, 0.5) is 0 Å². The first-order valence-corrected chi connectivity index (χ1v) is 5.00. The Morgan fingerprint density at radius 2 is 2.36 bits per heavy atom. The molecule has 1 rings (SSSR count). The van der Waals surface area contributed by atoms with Crippen molar-refractivity contribution in [1.29, 1.82) is 0 Å². The summed E-state index contributed by atoms with van der Waals surface area (Å²) in [6.07, 6.45) is 3.79. The highest BCUT2D eigenvalue weighted by Gasteiger charge is 2.10. The second kappa shape index (κ2) is 5.12. The molecule has 0 bridgehead atoms. The predicted octanol–water partition coefficient (Wildman–Crippen LogP) is 0.716. The molecule has 0 aliphatic heterocycles. The van der Waals surface area contributed by atoms with E-state index < -0.39 is 0 Å². The molecule has 0 aliphatic rings. The minimum absolute atomic E-state index is 0.178. The number of hydrogen-bond donors (Lipinski definition) is 1. The van der Waals surface area contributed by atoms with Crippen molar-refractivity contribution >= 4 is 0 Å². The smallest absolute Gasteiger partial charge is 0.122 e. The van der Waals surface area contributed by atoms with Gasteiger partial charge in [0, 0.05) is 25.0 Å². The fraction of sp³-hybridized carbons (Fsp3) is 0.700. The summed E-state index contributed by atoms with van der Waals surface area (Å²) in [7, 11) is 2.00. The number of aliphatic hydroxyl groups is 1. The number of rotatable bonds is 5. The Labute approximate surface area is 85.2 Å². The number of aliphatic hydroxyl groups excluding tert-OH is 1. The molecule has 1 aromatic rings. The van der Waals surface area contributed by atoms with Gasteiger partial charge in [-0.1, -0.05) is 0 Å². The number of aryl methyl sites for hydroxylation is 1. The molecule has 1 unspecified atom stereocenters. The van der Waals surface area contributed by atoms with Crippen LogP contribution >= 0.6 is 0 Å². The Balaban J connectivity index is 2.59. The maximum atomic E-state index is 8.99. The SMILES string of the molecule is CCn1ccnc1CN(C)C(C)CO. The summed E-state index contributed by atoms with van der Waals surface area (Å²) >= 11 is 0. The maximum Gasteiger partial charge on any atom is 0.122 e. The monoisotopic (exact) mass is 197 g/mol. The van der Waals surface area contributed by atoms with Crippen molar-refractivity contribution in [2.24, 2.45) is 0 Å². The van der Waals surface area contributed by atoms with Gasteiger partial charge in [-0.2, -0.15) is 0 Å². The van der Waals surface area contributed by atoms with Crippen LogP contribution in [0.5, 0.6) is 0 Å². The Bertz CT molecular complexity index is 272. The Morgan fingerprint density at radius 1 is 1.64 bits per heavy atom. The van der Waals surface area contributed by atoms with E-state index in [1.54, 1.807) is 0 Å². The van der Waals surface area contributed by atoms with Crippen LogP contribution in [0.15, 0.2) is 12.4 Å². The first-order valence-electron chi connectivity index (χ1n) is 5.00. The van der Waals surface area contributed by atoms with Gasteiger partial charge < -0.3 is 9.67 Å². The van der Waals surface area contributed by atoms with E-state index in [0.29, 0.717) is 0 Å². The third-order valence-corrected chi connectivity index (χ3v) is 2.55. The van der Waals surface area contributed by atoms with E-state index in [2.05, 4.69) is 21.4 Å². The average molecular weight is 197 g/mol. The molecule has 0 aliphatic carbocycles. The fourth-order valence-electron chi connectivity index (χ4n) is 1.30. The van der Waals surface area contributed by atoms with Gasteiger partial charge in [0.1, 0.15) is 5.82 Å². The fourth-order valence-corrected chi connectivity index (χ4v) is 1.30. The molecule has 0 spiro atoms. The average Bonchev–Trinajstić information content (AvgIpc) is 2.63. The van der Waals surface area contributed by atoms with E-state index in [4.69, 9.17) is 5.11 Å². The highest BCUT2D eigenvalue weighted by molar-refractivity contribution is 4.92. The van der Waals surface area contributed by atoms with Crippen LogP contribution in [0.1, 0.15) is 19.7 Å². The van der Waals surface area contributed by atoms with E-state index in [1.807, 2.05) is 26.4 Å². The Morgan fingerprint density at radius 3 is 2.93 bits per heavy atom. The van der Waals surface area contributed by atoms with Crippen molar-refractivity contribution in [1.82, 2.24) is 14.5 Å². The van der Waals surface area contributed by atoms with E-state index in [0.717, 1.165) is 18.9 Å². The van der Waals surface area contributed by atoms with E-state index in [9.17, 15) is 0 Å². The lowest BCUT2D eigenvalue weighted by atomic mass is 10.3. The molecule has 4 heteroatoms. The minimum Gasteiger partial charge on any atom is -0.395 e. The Hall–Kier alpha value is -0.870. The first kappa shape index (κ1) is 11.2. The molecule has 0 saturated carbocycles. The highest BCUT2D eigenvalue weighted by atomic mass is 16.3. The normalized spacial score (nSPS) is 13.5. The lowest BCUT2D eigenvalue weighted by molar-refractivity contribution is 0.150. The predicted molar refractivity (Wildman–Crippen MR) is 55.9 cm³/mol. The summed E-state index contributed by atoms with van der Waals surface area (Å²) in [6.45, 7) is 6.00. The summed E-state index contributed by atoms with van der Waals surface area (Å²) in [5.41, 5.74) is 0. The van der Waals surface area contributed by atoms with Gasteiger partial charge in [-0.05, 0) is 20.9 Å². The van der Waals surface area contributed by atoms with Crippen molar-refractivity contribution in [2.45, 2.75) is 33.0 Å². The summed E-state index contributed by atoms with van der Waals surface area (Å²) in [5.74, 6) is 1.05. The molecule has 80 valence electrons. The molecule has 0 aromatic carbocycles.